The van der Waals surface area contributed by atoms with Crippen molar-refractivity contribution < 1.29 is 8.42 Å². The Labute approximate surface area is 118 Å². The second-order valence-electron chi connectivity index (χ2n) is 5.31. The van der Waals surface area contributed by atoms with Gasteiger partial charge in [0.25, 0.3) is 0 Å². The summed E-state index contributed by atoms with van der Waals surface area (Å²) in [5.74, 6) is 0.854. The van der Waals surface area contributed by atoms with Gasteiger partial charge in [-0.05, 0) is 24.3 Å². The van der Waals surface area contributed by atoms with E-state index in [4.69, 9.17) is 17.3 Å². The van der Waals surface area contributed by atoms with Gasteiger partial charge in [-0.1, -0.05) is 25.4 Å². The fourth-order valence-corrected chi connectivity index (χ4v) is 4.41. The van der Waals surface area contributed by atoms with Crippen molar-refractivity contribution in [2.24, 2.45) is 11.8 Å². The van der Waals surface area contributed by atoms with E-state index < -0.39 is 10.0 Å². The molecule has 2 N–H and O–H groups in total. The van der Waals surface area contributed by atoms with Crippen molar-refractivity contribution in [2.75, 3.05) is 18.8 Å². The molecule has 0 saturated carbocycles. The molecule has 1 aliphatic heterocycles. The average molecular weight is 304 g/mol. The van der Waals surface area contributed by atoms with E-state index in [9.17, 15) is 8.42 Å². The summed E-state index contributed by atoms with van der Waals surface area (Å²) in [6.45, 7) is 5.20. The number of piperidine rings is 1. The van der Waals surface area contributed by atoms with Crippen molar-refractivity contribution in [2.45, 2.75) is 25.2 Å². The van der Waals surface area contributed by atoms with E-state index in [0.29, 0.717) is 24.9 Å². The van der Waals surface area contributed by atoms with Crippen LogP contribution in [0.15, 0.2) is 17.2 Å². The number of halogens is 1. The molecule has 2 heterocycles. The number of nitrogen functional groups attached to an aromatic ring is 1. The standard InChI is InChI=1S/C12H18ClN3O2S/c1-8-3-9(2)7-16(6-8)19(17,18)10-4-11(13)12(14)15-5-10/h4-5,8-9H,3,6-7H2,1-2H3,(H2,14,15). The molecule has 0 radical (unpaired) electrons. The van der Waals surface area contributed by atoms with Gasteiger partial charge in [0, 0.05) is 19.3 Å². The number of hydrogen-bond donors (Lipinski definition) is 1. The smallest absolute Gasteiger partial charge is 0.244 e. The number of anilines is 1. The molecular weight excluding hydrogens is 286 g/mol. The van der Waals surface area contributed by atoms with Gasteiger partial charge in [0.1, 0.15) is 10.7 Å². The first-order chi connectivity index (χ1) is 8.80. The average Bonchev–Trinajstić information content (AvgIpc) is 2.31. The molecule has 0 aromatic carbocycles. The summed E-state index contributed by atoms with van der Waals surface area (Å²) in [6, 6.07) is 1.36. The lowest BCUT2D eigenvalue weighted by atomic mass is 9.94. The Morgan fingerprint density at radius 3 is 2.47 bits per heavy atom. The third-order valence-electron chi connectivity index (χ3n) is 3.32. The van der Waals surface area contributed by atoms with Gasteiger partial charge in [-0.3, -0.25) is 0 Å². The van der Waals surface area contributed by atoms with E-state index in [1.54, 1.807) is 0 Å². The Morgan fingerprint density at radius 1 is 1.37 bits per heavy atom. The molecule has 1 saturated heterocycles. The first kappa shape index (κ1) is 14.6. The van der Waals surface area contributed by atoms with Crippen LogP contribution < -0.4 is 5.73 Å². The van der Waals surface area contributed by atoms with Crippen molar-refractivity contribution in [3.05, 3.63) is 17.3 Å². The van der Waals surface area contributed by atoms with Gasteiger partial charge in [0.05, 0.1) is 5.02 Å². The zero-order valence-corrected chi connectivity index (χ0v) is 12.6. The molecule has 2 unspecified atom stereocenters. The highest BCUT2D eigenvalue weighted by Crippen LogP contribution is 2.28. The topological polar surface area (TPSA) is 76.3 Å². The Bertz CT molecular complexity index is 566. The summed E-state index contributed by atoms with van der Waals surface area (Å²) < 4.78 is 26.6. The van der Waals surface area contributed by atoms with Crippen molar-refractivity contribution in [3.63, 3.8) is 0 Å². The number of aromatic nitrogens is 1. The van der Waals surface area contributed by atoms with Crippen molar-refractivity contribution in [1.82, 2.24) is 9.29 Å². The summed E-state index contributed by atoms with van der Waals surface area (Å²) in [4.78, 5) is 3.92. The third kappa shape index (κ3) is 3.01. The van der Waals surface area contributed by atoms with Gasteiger partial charge in [-0.15, -0.1) is 0 Å². The van der Waals surface area contributed by atoms with Crippen molar-refractivity contribution in [3.8, 4) is 0 Å². The molecule has 5 nitrogen and oxygen atoms in total. The van der Waals surface area contributed by atoms with E-state index in [2.05, 4.69) is 18.8 Å². The molecule has 1 aliphatic rings. The quantitative estimate of drug-likeness (QED) is 0.906. The maximum absolute atomic E-state index is 12.5. The van der Waals surface area contributed by atoms with Gasteiger partial charge >= 0.3 is 0 Å². The van der Waals surface area contributed by atoms with Crippen LogP contribution in [0.4, 0.5) is 5.82 Å². The summed E-state index contributed by atoms with van der Waals surface area (Å²) in [5.41, 5.74) is 5.50. The molecule has 0 spiro atoms. The zero-order chi connectivity index (χ0) is 14.2. The molecule has 1 aromatic rings. The first-order valence-corrected chi connectivity index (χ1v) is 8.03. The molecular formula is C12H18ClN3O2S. The number of sulfonamides is 1. The van der Waals surface area contributed by atoms with Gasteiger partial charge in [-0.2, -0.15) is 4.31 Å². The molecule has 19 heavy (non-hydrogen) atoms. The number of pyridine rings is 1. The summed E-state index contributed by atoms with van der Waals surface area (Å²) in [7, 11) is -3.54. The minimum atomic E-state index is -3.54. The highest BCUT2D eigenvalue weighted by molar-refractivity contribution is 7.89. The van der Waals surface area contributed by atoms with Crippen LogP contribution in [0.5, 0.6) is 0 Å². The van der Waals surface area contributed by atoms with E-state index in [-0.39, 0.29) is 15.7 Å². The minimum Gasteiger partial charge on any atom is -0.382 e. The fourth-order valence-electron chi connectivity index (χ4n) is 2.52. The van der Waals surface area contributed by atoms with Crippen LogP contribution >= 0.6 is 11.6 Å². The van der Waals surface area contributed by atoms with Crippen LogP contribution in [0.1, 0.15) is 20.3 Å². The molecule has 1 aromatic heterocycles. The molecule has 106 valence electrons. The van der Waals surface area contributed by atoms with Crippen LogP contribution in [0.2, 0.25) is 5.02 Å². The summed E-state index contributed by atoms with van der Waals surface area (Å²) in [6.07, 6.45) is 2.31. The number of rotatable bonds is 2. The predicted molar refractivity (Wildman–Crippen MR) is 75.4 cm³/mol. The van der Waals surface area contributed by atoms with Gasteiger partial charge in [0.15, 0.2) is 0 Å². The number of nitrogens with two attached hydrogens (primary N) is 1. The van der Waals surface area contributed by atoms with Crippen molar-refractivity contribution in [1.29, 1.82) is 0 Å². The second kappa shape index (κ2) is 5.26. The van der Waals surface area contributed by atoms with Crippen LogP contribution in [-0.2, 0) is 10.0 Å². The fraction of sp³-hybridized carbons (Fsp3) is 0.583. The Hall–Kier alpha value is -0.850. The molecule has 0 amide bonds. The molecule has 7 heteroatoms. The number of hydrogen-bond acceptors (Lipinski definition) is 4. The van der Waals surface area contributed by atoms with Crippen molar-refractivity contribution >= 4 is 27.4 Å². The Balaban J connectivity index is 2.33. The predicted octanol–water partition coefficient (Wildman–Crippen LogP) is 1.98. The lowest BCUT2D eigenvalue weighted by molar-refractivity contribution is 0.222. The minimum absolute atomic E-state index is 0.105. The lowest BCUT2D eigenvalue weighted by Crippen LogP contribution is -2.42. The van der Waals surface area contributed by atoms with Crippen LogP contribution in [0.3, 0.4) is 0 Å². The summed E-state index contributed by atoms with van der Waals surface area (Å²) in [5, 5.41) is 0.166. The monoisotopic (exact) mass is 303 g/mol. The van der Waals surface area contributed by atoms with Crippen LogP contribution in [0.25, 0.3) is 0 Å². The molecule has 0 aliphatic carbocycles. The number of nitrogens with zero attached hydrogens (tertiary/aromatic N) is 2. The largest absolute Gasteiger partial charge is 0.382 e. The van der Waals surface area contributed by atoms with Gasteiger partial charge < -0.3 is 5.73 Å². The third-order valence-corrected chi connectivity index (χ3v) is 5.42. The first-order valence-electron chi connectivity index (χ1n) is 6.22. The van der Waals surface area contributed by atoms with Gasteiger partial charge in [-0.25, -0.2) is 13.4 Å². The highest BCUT2D eigenvalue weighted by Gasteiger charge is 2.32. The second-order valence-corrected chi connectivity index (χ2v) is 7.65. The lowest BCUT2D eigenvalue weighted by Gasteiger charge is -2.33. The van der Waals surface area contributed by atoms with E-state index in [1.807, 2.05) is 0 Å². The van der Waals surface area contributed by atoms with Gasteiger partial charge in [0.2, 0.25) is 10.0 Å². The normalized spacial score (nSPS) is 25.4. The highest BCUT2D eigenvalue weighted by atomic mass is 35.5. The van der Waals surface area contributed by atoms with E-state index in [0.717, 1.165) is 6.42 Å². The maximum Gasteiger partial charge on any atom is 0.244 e. The molecule has 2 atom stereocenters. The molecule has 1 fully saturated rings. The van der Waals surface area contributed by atoms with Crippen LogP contribution in [-0.4, -0.2) is 30.8 Å². The van der Waals surface area contributed by atoms with E-state index >= 15 is 0 Å². The maximum atomic E-state index is 12.5. The van der Waals surface area contributed by atoms with Crippen LogP contribution in [0, 0.1) is 11.8 Å². The Morgan fingerprint density at radius 2 is 1.95 bits per heavy atom. The zero-order valence-electron chi connectivity index (χ0n) is 11.0. The Kier molecular flexibility index (Phi) is 4.03. The molecule has 2 rings (SSSR count). The SMILES string of the molecule is CC1CC(C)CN(S(=O)(=O)c2cnc(N)c(Cl)c2)C1. The molecule has 0 bridgehead atoms. The van der Waals surface area contributed by atoms with E-state index in [1.165, 1.54) is 16.6 Å². The summed E-state index contributed by atoms with van der Waals surface area (Å²) >= 11 is 5.85.